The first kappa shape index (κ1) is 18.9. The summed E-state index contributed by atoms with van der Waals surface area (Å²) in [5, 5.41) is 10.3. The summed E-state index contributed by atoms with van der Waals surface area (Å²) in [4.78, 5) is 21.6. The van der Waals surface area contributed by atoms with E-state index in [1.165, 1.54) is 4.88 Å². The summed E-state index contributed by atoms with van der Waals surface area (Å²) in [5.74, 6) is 0.690. The van der Waals surface area contributed by atoms with E-state index in [0.29, 0.717) is 12.1 Å². The monoisotopic (exact) mass is 359 g/mol. The number of hydrogen-bond donors (Lipinski definition) is 3. The standard InChI is InChI=1S/C18H25N5OS/c1-12-16(25-13(2)23-12)11-22-18(20-4)21-9-8-14-6-5-7-15(10-14)17(24)19-3/h5-7,10H,8-9,11H2,1-4H3,(H,19,24)(H2,20,21,22). The molecule has 0 saturated heterocycles. The van der Waals surface area contributed by atoms with Crippen LogP contribution in [0.1, 0.15) is 31.5 Å². The maximum absolute atomic E-state index is 11.7. The second kappa shape index (κ2) is 9.17. The molecule has 3 N–H and O–H groups in total. The molecule has 134 valence electrons. The van der Waals surface area contributed by atoms with Crippen molar-refractivity contribution in [2.24, 2.45) is 4.99 Å². The number of amides is 1. The lowest BCUT2D eigenvalue weighted by Gasteiger charge is -2.12. The van der Waals surface area contributed by atoms with E-state index in [1.54, 1.807) is 25.4 Å². The average Bonchev–Trinajstić information content (AvgIpc) is 2.94. The van der Waals surface area contributed by atoms with E-state index in [0.717, 1.165) is 35.2 Å². The van der Waals surface area contributed by atoms with Gasteiger partial charge in [-0.25, -0.2) is 4.98 Å². The number of thiazole rings is 1. The number of carbonyl (C=O) groups excluding carboxylic acids is 1. The number of hydrogen-bond acceptors (Lipinski definition) is 4. The second-order valence-electron chi connectivity index (χ2n) is 5.62. The van der Waals surface area contributed by atoms with Crippen LogP contribution >= 0.6 is 11.3 Å². The molecule has 0 aliphatic carbocycles. The van der Waals surface area contributed by atoms with E-state index in [-0.39, 0.29) is 5.91 Å². The highest BCUT2D eigenvalue weighted by Gasteiger charge is 2.06. The van der Waals surface area contributed by atoms with Gasteiger partial charge in [0.25, 0.3) is 5.91 Å². The molecule has 1 aromatic carbocycles. The molecule has 1 amide bonds. The summed E-state index contributed by atoms with van der Waals surface area (Å²) in [5.41, 5.74) is 2.85. The average molecular weight is 359 g/mol. The van der Waals surface area contributed by atoms with Crippen molar-refractivity contribution in [3.8, 4) is 0 Å². The van der Waals surface area contributed by atoms with Gasteiger partial charge in [-0.1, -0.05) is 12.1 Å². The molecule has 0 fully saturated rings. The van der Waals surface area contributed by atoms with Gasteiger partial charge in [-0.2, -0.15) is 0 Å². The van der Waals surface area contributed by atoms with Crippen LogP contribution in [0.2, 0.25) is 0 Å². The number of rotatable bonds is 6. The Morgan fingerprint density at radius 2 is 2.08 bits per heavy atom. The van der Waals surface area contributed by atoms with Gasteiger partial charge in [0.2, 0.25) is 0 Å². The molecule has 25 heavy (non-hydrogen) atoms. The number of aliphatic imine (C=N–C) groups is 1. The third kappa shape index (κ3) is 5.56. The van der Waals surface area contributed by atoms with Crippen LogP contribution in [0, 0.1) is 13.8 Å². The van der Waals surface area contributed by atoms with E-state index >= 15 is 0 Å². The Hall–Kier alpha value is -2.41. The molecule has 2 rings (SSSR count). The first-order valence-electron chi connectivity index (χ1n) is 8.22. The number of aryl methyl sites for hydroxylation is 2. The fraction of sp³-hybridized carbons (Fsp3) is 0.389. The zero-order valence-electron chi connectivity index (χ0n) is 15.1. The van der Waals surface area contributed by atoms with Crippen LogP contribution in [0.3, 0.4) is 0 Å². The van der Waals surface area contributed by atoms with E-state index in [2.05, 4.69) is 25.9 Å². The largest absolute Gasteiger partial charge is 0.356 e. The number of nitrogens with one attached hydrogen (secondary N) is 3. The Bertz CT molecular complexity index is 754. The molecule has 0 saturated carbocycles. The van der Waals surface area contributed by atoms with Gasteiger partial charge in [0, 0.05) is 31.1 Å². The lowest BCUT2D eigenvalue weighted by atomic mass is 10.1. The fourth-order valence-electron chi connectivity index (χ4n) is 2.46. The minimum atomic E-state index is -0.0671. The summed E-state index contributed by atoms with van der Waals surface area (Å²) >= 11 is 1.70. The molecule has 7 heteroatoms. The molecule has 6 nitrogen and oxygen atoms in total. The van der Waals surface area contributed by atoms with Crippen LogP contribution in [0.15, 0.2) is 29.3 Å². The normalized spacial score (nSPS) is 11.3. The molecule has 2 aromatic rings. The fourth-order valence-corrected chi connectivity index (χ4v) is 3.34. The van der Waals surface area contributed by atoms with E-state index in [1.807, 2.05) is 38.1 Å². The first-order chi connectivity index (χ1) is 12.0. The molecule has 0 bridgehead atoms. The highest BCUT2D eigenvalue weighted by molar-refractivity contribution is 7.11. The molecule has 0 unspecified atom stereocenters. The molecule has 1 heterocycles. The van der Waals surface area contributed by atoms with Crippen LogP contribution in [-0.2, 0) is 13.0 Å². The number of nitrogens with zero attached hydrogens (tertiary/aromatic N) is 2. The van der Waals surface area contributed by atoms with Crippen molar-refractivity contribution in [2.75, 3.05) is 20.6 Å². The molecule has 0 radical (unpaired) electrons. The van der Waals surface area contributed by atoms with Crippen molar-refractivity contribution >= 4 is 23.2 Å². The molecular formula is C18H25N5OS. The van der Waals surface area contributed by atoms with Crippen molar-refractivity contribution in [1.82, 2.24) is 20.9 Å². The summed E-state index contributed by atoms with van der Waals surface area (Å²) < 4.78 is 0. The van der Waals surface area contributed by atoms with Crippen LogP contribution < -0.4 is 16.0 Å². The van der Waals surface area contributed by atoms with Gasteiger partial charge < -0.3 is 16.0 Å². The van der Waals surface area contributed by atoms with Crippen molar-refractivity contribution in [2.45, 2.75) is 26.8 Å². The number of aromatic nitrogens is 1. The molecule has 0 aliphatic rings. The van der Waals surface area contributed by atoms with Gasteiger partial charge in [0.1, 0.15) is 0 Å². The summed E-state index contributed by atoms with van der Waals surface area (Å²) in [6, 6.07) is 7.66. The van der Waals surface area contributed by atoms with Crippen LogP contribution in [-0.4, -0.2) is 37.5 Å². The van der Waals surface area contributed by atoms with Gasteiger partial charge >= 0.3 is 0 Å². The Labute approximate surface area is 152 Å². The second-order valence-corrected chi connectivity index (χ2v) is 6.91. The topological polar surface area (TPSA) is 78.4 Å². The summed E-state index contributed by atoms with van der Waals surface area (Å²) in [7, 11) is 3.39. The minimum absolute atomic E-state index is 0.0671. The lowest BCUT2D eigenvalue weighted by molar-refractivity contribution is 0.0963. The number of benzene rings is 1. The minimum Gasteiger partial charge on any atom is -0.356 e. The zero-order chi connectivity index (χ0) is 18.2. The number of guanidine groups is 1. The van der Waals surface area contributed by atoms with Crippen molar-refractivity contribution in [3.05, 3.63) is 51.0 Å². The van der Waals surface area contributed by atoms with Gasteiger partial charge in [-0.05, 0) is 38.0 Å². The van der Waals surface area contributed by atoms with Crippen LogP contribution in [0.5, 0.6) is 0 Å². The summed E-state index contributed by atoms with van der Waals surface area (Å²) in [6.45, 7) is 5.48. The zero-order valence-corrected chi connectivity index (χ0v) is 16.0. The smallest absolute Gasteiger partial charge is 0.251 e. The van der Waals surface area contributed by atoms with Crippen molar-refractivity contribution in [1.29, 1.82) is 0 Å². The van der Waals surface area contributed by atoms with Gasteiger partial charge in [0.05, 0.1) is 17.2 Å². The predicted octanol–water partition coefficient (Wildman–Crippen LogP) is 2.03. The van der Waals surface area contributed by atoms with Crippen molar-refractivity contribution in [3.63, 3.8) is 0 Å². The Morgan fingerprint density at radius 3 is 2.72 bits per heavy atom. The van der Waals surface area contributed by atoms with Crippen LogP contribution in [0.25, 0.3) is 0 Å². The molecule has 0 atom stereocenters. The van der Waals surface area contributed by atoms with Gasteiger partial charge in [-0.15, -0.1) is 11.3 Å². The lowest BCUT2D eigenvalue weighted by Crippen LogP contribution is -2.37. The molecule has 0 aliphatic heterocycles. The predicted molar refractivity (Wildman–Crippen MR) is 103 cm³/mol. The quantitative estimate of drug-likeness (QED) is 0.545. The summed E-state index contributed by atoms with van der Waals surface area (Å²) in [6.07, 6.45) is 0.810. The van der Waals surface area contributed by atoms with E-state index in [4.69, 9.17) is 0 Å². The SMILES string of the molecule is CN=C(NCCc1cccc(C(=O)NC)c1)NCc1sc(C)nc1C. The first-order valence-corrected chi connectivity index (χ1v) is 9.03. The Balaban J connectivity index is 1.83. The van der Waals surface area contributed by atoms with E-state index < -0.39 is 0 Å². The van der Waals surface area contributed by atoms with Crippen LogP contribution in [0.4, 0.5) is 0 Å². The van der Waals surface area contributed by atoms with E-state index in [9.17, 15) is 4.79 Å². The third-order valence-corrected chi connectivity index (χ3v) is 4.83. The molecule has 0 spiro atoms. The third-order valence-electron chi connectivity index (χ3n) is 3.76. The highest BCUT2D eigenvalue weighted by Crippen LogP contribution is 2.16. The molecule has 1 aromatic heterocycles. The maximum Gasteiger partial charge on any atom is 0.251 e. The molecular weight excluding hydrogens is 334 g/mol. The Kier molecular flexibility index (Phi) is 6.94. The number of carbonyl (C=O) groups is 1. The van der Waals surface area contributed by atoms with Crippen molar-refractivity contribution < 1.29 is 4.79 Å². The highest BCUT2D eigenvalue weighted by atomic mass is 32.1. The Morgan fingerprint density at radius 1 is 1.28 bits per heavy atom. The van der Waals surface area contributed by atoms with Gasteiger partial charge in [0.15, 0.2) is 5.96 Å². The maximum atomic E-state index is 11.7. The van der Waals surface area contributed by atoms with Gasteiger partial charge in [-0.3, -0.25) is 9.79 Å².